The highest BCUT2D eigenvalue weighted by atomic mass is 16.2. The molecule has 1 amide bonds. The van der Waals surface area contributed by atoms with Gasteiger partial charge in [-0.05, 0) is 49.2 Å². The maximum absolute atomic E-state index is 12.7. The molecule has 0 atom stereocenters. The molecule has 0 unspecified atom stereocenters. The summed E-state index contributed by atoms with van der Waals surface area (Å²) in [6.07, 6.45) is 2.75. The quantitative estimate of drug-likeness (QED) is 0.610. The van der Waals surface area contributed by atoms with Crippen molar-refractivity contribution in [1.82, 2.24) is 19.4 Å². The van der Waals surface area contributed by atoms with Gasteiger partial charge in [0.25, 0.3) is 11.5 Å². The molecule has 0 aliphatic heterocycles. The molecular weight excluding hydrogens is 342 g/mol. The third-order valence-electron chi connectivity index (χ3n) is 4.48. The summed E-state index contributed by atoms with van der Waals surface area (Å²) in [5.41, 5.74) is 6.01. The van der Waals surface area contributed by atoms with E-state index < -0.39 is 0 Å². The molecule has 4 rings (SSSR count). The van der Waals surface area contributed by atoms with Gasteiger partial charge >= 0.3 is 0 Å². The van der Waals surface area contributed by atoms with Gasteiger partial charge in [-0.25, -0.2) is 14.3 Å². The van der Waals surface area contributed by atoms with Gasteiger partial charge < -0.3 is 0 Å². The zero-order valence-electron chi connectivity index (χ0n) is 14.9. The van der Waals surface area contributed by atoms with Gasteiger partial charge in [0, 0.05) is 5.56 Å². The van der Waals surface area contributed by atoms with E-state index >= 15 is 0 Å². The minimum absolute atomic E-state index is 0.321. The number of hydrogen-bond donors (Lipinski definition) is 1. The number of benzene rings is 2. The fourth-order valence-corrected chi connectivity index (χ4v) is 2.81. The van der Waals surface area contributed by atoms with E-state index in [9.17, 15) is 9.59 Å². The van der Waals surface area contributed by atoms with Crippen molar-refractivity contribution in [3.63, 3.8) is 0 Å². The van der Waals surface area contributed by atoms with Gasteiger partial charge in [0.15, 0.2) is 5.65 Å². The summed E-state index contributed by atoms with van der Waals surface area (Å²) in [5.74, 6) is -0.378. The smallest absolute Gasteiger partial charge is 0.267 e. The molecule has 0 bridgehead atoms. The minimum Gasteiger partial charge on any atom is -0.267 e. The molecule has 0 saturated heterocycles. The predicted molar refractivity (Wildman–Crippen MR) is 103 cm³/mol. The lowest BCUT2D eigenvalue weighted by Gasteiger charge is -2.09. The summed E-state index contributed by atoms with van der Waals surface area (Å²) in [5, 5.41) is 4.58. The van der Waals surface area contributed by atoms with Crippen LogP contribution in [0.3, 0.4) is 0 Å². The molecule has 0 aliphatic rings. The first-order chi connectivity index (χ1) is 13.0. The normalized spacial score (nSPS) is 10.9. The second-order valence-electron chi connectivity index (χ2n) is 6.29. The van der Waals surface area contributed by atoms with E-state index in [0.29, 0.717) is 16.6 Å². The highest BCUT2D eigenvalue weighted by Gasteiger charge is 2.13. The average molecular weight is 359 g/mol. The summed E-state index contributed by atoms with van der Waals surface area (Å²) in [7, 11) is 0. The van der Waals surface area contributed by atoms with E-state index in [-0.39, 0.29) is 11.5 Å². The fourth-order valence-electron chi connectivity index (χ4n) is 2.81. The zero-order chi connectivity index (χ0) is 19.0. The van der Waals surface area contributed by atoms with Crippen LogP contribution in [0.4, 0.5) is 0 Å². The molecule has 0 radical (unpaired) electrons. The topological polar surface area (TPSA) is 81.8 Å². The van der Waals surface area contributed by atoms with Crippen LogP contribution in [-0.4, -0.2) is 25.3 Å². The van der Waals surface area contributed by atoms with E-state index in [0.717, 1.165) is 21.5 Å². The van der Waals surface area contributed by atoms with E-state index in [1.54, 1.807) is 16.8 Å². The maximum atomic E-state index is 12.7. The lowest BCUT2D eigenvalue weighted by atomic mass is 10.1. The van der Waals surface area contributed by atoms with E-state index in [2.05, 4.69) is 15.5 Å². The first kappa shape index (κ1) is 16.7. The van der Waals surface area contributed by atoms with Crippen LogP contribution < -0.4 is 11.0 Å². The highest BCUT2D eigenvalue weighted by Crippen LogP contribution is 2.13. The van der Waals surface area contributed by atoms with Crippen molar-refractivity contribution in [2.45, 2.75) is 13.8 Å². The van der Waals surface area contributed by atoms with Crippen molar-refractivity contribution in [2.75, 3.05) is 5.43 Å². The Morgan fingerprint density at radius 3 is 2.56 bits per heavy atom. The number of rotatable bonds is 3. The summed E-state index contributed by atoms with van der Waals surface area (Å²) in [6.45, 7) is 3.91. The molecule has 134 valence electrons. The molecular formula is C20H17N5O2. The Balaban J connectivity index is 1.69. The molecule has 1 N–H and O–H groups in total. The molecule has 0 aliphatic carbocycles. The number of fused-ring (bicyclic) bond motifs is 1. The molecule has 7 heteroatoms. The Morgan fingerprint density at radius 2 is 1.81 bits per heavy atom. The summed E-state index contributed by atoms with van der Waals surface area (Å²) >= 11 is 0. The second kappa shape index (κ2) is 6.53. The van der Waals surface area contributed by atoms with Crippen molar-refractivity contribution in [3.8, 4) is 5.69 Å². The first-order valence-corrected chi connectivity index (χ1v) is 8.44. The van der Waals surface area contributed by atoms with Gasteiger partial charge in [-0.3, -0.25) is 15.0 Å². The number of nitrogens with zero attached hydrogens (tertiary/aromatic N) is 4. The van der Waals surface area contributed by atoms with Crippen molar-refractivity contribution in [2.24, 2.45) is 0 Å². The molecule has 7 nitrogen and oxygen atoms in total. The summed E-state index contributed by atoms with van der Waals surface area (Å²) in [6, 6.07) is 14.8. The van der Waals surface area contributed by atoms with Crippen molar-refractivity contribution < 1.29 is 4.79 Å². The van der Waals surface area contributed by atoms with E-state index in [1.165, 1.54) is 12.5 Å². The van der Waals surface area contributed by atoms with Crippen molar-refractivity contribution >= 4 is 16.9 Å². The molecule has 0 saturated carbocycles. The molecule has 2 aromatic carbocycles. The van der Waals surface area contributed by atoms with Crippen LogP contribution in [0.15, 0.2) is 65.8 Å². The predicted octanol–water partition coefficient (Wildman–Crippen LogP) is 2.58. The number of aryl methyl sites for hydroxylation is 2. The largest absolute Gasteiger partial charge is 0.283 e. The minimum atomic E-state index is -0.389. The third-order valence-corrected chi connectivity index (χ3v) is 4.48. The van der Waals surface area contributed by atoms with Crippen LogP contribution in [0.1, 0.15) is 21.5 Å². The van der Waals surface area contributed by atoms with E-state index in [4.69, 9.17) is 0 Å². The Kier molecular flexibility index (Phi) is 4.04. The molecule has 0 fully saturated rings. The SMILES string of the molecule is Cc1ccc(C(=O)Nn2cnc3c(cnn3-c3ccccc3)c2=O)cc1C. The summed E-state index contributed by atoms with van der Waals surface area (Å²) < 4.78 is 2.67. The Hall–Kier alpha value is -3.74. The van der Waals surface area contributed by atoms with Crippen LogP contribution >= 0.6 is 0 Å². The number of hydrogen-bond acceptors (Lipinski definition) is 4. The van der Waals surface area contributed by atoms with Crippen molar-refractivity contribution in [1.29, 1.82) is 0 Å². The third kappa shape index (κ3) is 2.99. The van der Waals surface area contributed by atoms with Crippen LogP contribution in [0.2, 0.25) is 0 Å². The molecule has 4 aromatic rings. The van der Waals surface area contributed by atoms with Crippen LogP contribution in [0.25, 0.3) is 16.7 Å². The maximum Gasteiger partial charge on any atom is 0.283 e. The summed E-state index contributed by atoms with van der Waals surface area (Å²) in [4.78, 5) is 29.5. The zero-order valence-corrected chi connectivity index (χ0v) is 14.9. The Labute approximate surface area is 154 Å². The number of nitrogens with one attached hydrogen (secondary N) is 1. The van der Waals surface area contributed by atoms with Gasteiger partial charge in [-0.15, -0.1) is 0 Å². The Morgan fingerprint density at radius 1 is 1.04 bits per heavy atom. The van der Waals surface area contributed by atoms with Crippen LogP contribution in [0.5, 0.6) is 0 Å². The number of amides is 1. The average Bonchev–Trinajstić information content (AvgIpc) is 3.11. The lowest BCUT2D eigenvalue weighted by molar-refractivity contribution is 0.101. The number of carbonyl (C=O) groups excluding carboxylic acids is 1. The highest BCUT2D eigenvalue weighted by molar-refractivity contribution is 6.00. The number of para-hydroxylation sites is 1. The molecule has 0 spiro atoms. The van der Waals surface area contributed by atoms with Crippen LogP contribution in [0, 0.1) is 13.8 Å². The molecule has 27 heavy (non-hydrogen) atoms. The van der Waals surface area contributed by atoms with E-state index in [1.807, 2.05) is 50.2 Å². The van der Waals surface area contributed by atoms with Crippen molar-refractivity contribution in [3.05, 3.63) is 88.1 Å². The van der Waals surface area contributed by atoms with Crippen LogP contribution in [-0.2, 0) is 0 Å². The van der Waals surface area contributed by atoms with Gasteiger partial charge in [-0.2, -0.15) is 5.10 Å². The lowest BCUT2D eigenvalue weighted by Crippen LogP contribution is -2.33. The Bertz CT molecular complexity index is 1210. The fraction of sp³-hybridized carbons (Fsp3) is 0.100. The monoisotopic (exact) mass is 359 g/mol. The first-order valence-electron chi connectivity index (χ1n) is 8.44. The van der Waals surface area contributed by atoms with Gasteiger partial charge in [0.05, 0.1) is 11.9 Å². The van der Waals surface area contributed by atoms with Gasteiger partial charge in [0.2, 0.25) is 0 Å². The number of aromatic nitrogens is 4. The molecule has 2 heterocycles. The van der Waals surface area contributed by atoms with Gasteiger partial charge in [0.1, 0.15) is 11.7 Å². The molecule has 2 aromatic heterocycles. The number of carbonyl (C=O) groups is 1. The standard InChI is InChI=1S/C20H17N5O2/c1-13-8-9-15(10-14(13)2)19(26)23-24-12-21-18-17(20(24)27)11-22-25(18)16-6-4-3-5-7-16/h3-12H,1-2H3,(H,23,26). The second-order valence-corrected chi connectivity index (χ2v) is 6.29. The van der Waals surface area contributed by atoms with Gasteiger partial charge in [-0.1, -0.05) is 24.3 Å².